The molecular formula is C20H23N5O3. The number of ether oxygens (including phenoxy) is 2. The maximum absolute atomic E-state index is 9.52. The predicted octanol–water partition coefficient (Wildman–Crippen LogP) is 2.21. The molecule has 146 valence electrons. The number of rotatable bonds is 7. The molecule has 3 aromatic heterocycles. The van der Waals surface area contributed by atoms with Gasteiger partial charge in [0.15, 0.2) is 0 Å². The summed E-state index contributed by atoms with van der Waals surface area (Å²) in [6, 6.07) is 1.88. The van der Waals surface area contributed by atoms with Gasteiger partial charge in [-0.25, -0.2) is 15.0 Å². The van der Waals surface area contributed by atoms with Gasteiger partial charge in [0, 0.05) is 56.5 Å². The average Bonchev–Trinajstić information content (AvgIpc) is 2.67. The fourth-order valence-electron chi connectivity index (χ4n) is 3.33. The zero-order chi connectivity index (χ0) is 19.5. The summed E-state index contributed by atoms with van der Waals surface area (Å²) >= 11 is 0. The van der Waals surface area contributed by atoms with Crippen molar-refractivity contribution in [1.82, 2.24) is 25.1 Å². The molecule has 1 aliphatic carbocycles. The number of fused-ring (bicyclic) bond motifs is 1. The van der Waals surface area contributed by atoms with E-state index in [2.05, 4.69) is 27.1 Å². The van der Waals surface area contributed by atoms with E-state index in [-0.39, 0.29) is 12.2 Å². The van der Waals surface area contributed by atoms with Gasteiger partial charge in [0.25, 0.3) is 0 Å². The van der Waals surface area contributed by atoms with Crippen molar-refractivity contribution in [3.8, 4) is 17.0 Å². The minimum atomic E-state index is -0.288. The van der Waals surface area contributed by atoms with Gasteiger partial charge in [0.2, 0.25) is 5.88 Å². The first-order chi connectivity index (χ1) is 13.6. The highest BCUT2D eigenvalue weighted by atomic mass is 16.5. The van der Waals surface area contributed by atoms with Crippen LogP contribution in [0.3, 0.4) is 0 Å². The predicted molar refractivity (Wildman–Crippen MR) is 103 cm³/mol. The lowest BCUT2D eigenvalue weighted by atomic mass is 9.92. The summed E-state index contributed by atoms with van der Waals surface area (Å²) in [6.45, 7) is 2.75. The molecule has 28 heavy (non-hydrogen) atoms. The van der Waals surface area contributed by atoms with Crippen molar-refractivity contribution >= 4 is 10.9 Å². The normalized spacial score (nSPS) is 20.0. The molecule has 0 aromatic carbocycles. The van der Waals surface area contributed by atoms with Gasteiger partial charge in [-0.05, 0) is 12.0 Å². The molecule has 1 saturated carbocycles. The number of aromatic nitrogens is 5. The van der Waals surface area contributed by atoms with Crippen molar-refractivity contribution in [3.05, 3.63) is 36.7 Å². The summed E-state index contributed by atoms with van der Waals surface area (Å²) in [5, 5.41) is 18.1. The van der Waals surface area contributed by atoms with Crippen LogP contribution in [0, 0.1) is 5.92 Å². The Hall–Kier alpha value is -2.71. The average molecular weight is 381 g/mol. The van der Waals surface area contributed by atoms with Crippen molar-refractivity contribution in [2.45, 2.75) is 38.4 Å². The molecule has 4 rings (SSSR count). The van der Waals surface area contributed by atoms with E-state index in [9.17, 15) is 5.11 Å². The van der Waals surface area contributed by atoms with E-state index >= 15 is 0 Å². The number of aliphatic hydroxyl groups excluding tert-OH is 1. The lowest BCUT2D eigenvalue weighted by Gasteiger charge is -2.31. The number of nitrogens with zero attached hydrogens (tertiary/aromatic N) is 5. The van der Waals surface area contributed by atoms with Crippen molar-refractivity contribution in [2.24, 2.45) is 5.92 Å². The zero-order valence-corrected chi connectivity index (χ0v) is 15.9. The lowest BCUT2D eigenvalue weighted by molar-refractivity contribution is -0.0120. The van der Waals surface area contributed by atoms with E-state index < -0.39 is 0 Å². The summed E-state index contributed by atoms with van der Waals surface area (Å²) in [6.07, 6.45) is 8.49. The number of hydrogen-bond donors (Lipinski definition) is 1. The molecule has 0 saturated heterocycles. The van der Waals surface area contributed by atoms with E-state index in [1.807, 2.05) is 6.07 Å². The summed E-state index contributed by atoms with van der Waals surface area (Å²) in [4.78, 5) is 13.8. The minimum absolute atomic E-state index is 0.0273. The highest BCUT2D eigenvalue weighted by Gasteiger charge is 2.30. The van der Waals surface area contributed by atoms with Crippen LogP contribution in [0.4, 0.5) is 0 Å². The van der Waals surface area contributed by atoms with E-state index in [0.29, 0.717) is 37.7 Å². The van der Waals surface area contributed by atoms with Crippen LogP contribution in [-0.2, 0) is 11.2 Å². The highest BCUT2D eigenvalue weighted by molar-refractivity contribution is 5.95. The fourth-order valence-corrected chi connectivity index (χ4v) is 3.33. The van der Waals surface area contributed by atoms with Crippen molar-refractivity contribution in [1.29, 1.82) is 0 Å². The summed E-state index contributed by atoms with van der Waals surface area (Å²) in [7, 11) is 1.69. The van der Waals surface area contributed by atoms with Crippen LogP contribution in [0.15, 0.2) is 30.9 Å². The summed E-state index contributed by atoms with van der Waals surface area (Å²) < 4.78 is 11.2. The smallest absolute Gasteiger partial charge is 0.224 e. The molecule has 0 spiro atoms. The van der Waals surface area contributed by atoms with Gasteiger partial charge in [-0.3, -0.25) is 0 Å². The lowest BCUT2D eigenvalue weighted by Crippen LogP contribution is -2.37. The van der Waals surface area contributed by atoms with E-state index in [1.54, 1.807) is 31.9 Å². The molecule has 1 fully saturated rings. The zero-order valence-electron chi connectivity index (χ0n) is 15.9. The van der Waals surface area contributed by atoms with Gasteiger partial charge < -0.3 is 14.6 Å². The molecule has 8 heteroatoms. The molecule has 0 radical (unpaired) electrons. The van der Waals surface area contributed by atoms with Crippen LogP contribution in [0.5, 0.6) is 5.88 Å². The van der Waals surface area contributed by atoms with Gasteiger partial charge in [0.05, 0.1) is 29.4 Å². The first kappa shape index (κ1) is 18.6. The molecule has 0 amide bonds. The molecular weight excluding hydrogens is 358 g/mol. The first-order valence-electron chi connectivity index (χ1n) is 9.39. The number of pyridine rings is 1. The second-order valence-electron chi connectivity index (χ2n) is 7.29. The second kappa shape index (κ2) is 8.12. The summed E-state index contributed by atoms with van der Waals surface area (Å²) in [5.41, 5.74) is 2.51. The maximum Gasteiger partial charge on any atom is 0.224 e. The Kier molecular flexibility index (Phi) is 5.40. The molecule has 1 atom stereocenters. The fraction of sp³-hybridized carbons (Fsp3) is 0.450. The molecule has 3 heterocycles. The molecule has 8 nitrogen and oxygen atoms in total. The largest absolute Gasteiger partial charge is 0.474 e. The van der Waals surface area contributed by atoms with Crippen molar-refractivity contribution < 1.29 is 14.6 Å². The maximum atomic E-state index is 9.52. The van der Waals surface area contributed by atoms with E-state index in [0.717, 1.165) is 27.9 Å². The van der Waals surface area contributed by atoms with Gasteiger partial charge in [0.1, 0.15) is 11.9 Å². The van der Waals surface area contributed by atoms with Gasteiger partial charge >= 0.3 is 0 Å². The second-order valence-corrected chi connectivity index (χ2v) is 7.29. The Morgan fingerprint density at radius 1 is 1.18 bits per heavy atom. The molecule has 0 unspecified atom stereocenters. The Labute approximate surface area is 163 Å². The molecule has 1 N–H and O–H groups in total. The highest BCUT2D eigenvalue weighted by Crippen LogP contribution is 2.33. The topological polar surface area (TPSA) is 103 Å². The van der Waals surface area contributed by atoms with Gasteiger partial charge in [-0.15, -0.1) is 0 Å². The molecule has 0 bridgehead atoms. The Balaban J connectivity index is 1.74. The quantitative estimate of drug-likeness (QED) is 0.664. The molecule has 1 aliphatic rings. The number of aliphatic hydroxyl groups is 1. The first-order valence-corrected chi connectivity index (χ1v) is 9.39. The van der Waals surface area contributed by atoms with Crippen molar-refractivity contribution in [2.75, 3.05) is 13.7 Å². The SMILES string of the molecule is COC[C@H](C)Cc1ncc2c(OC3CC(O)C3)ncc(-c3ccnnc3)c2n1. The minimum Gasteiger partial charge on any atom is -0.474 e. The van der Waals surface area contributed by atoms with Gasteiger partial charge in [-0.2, -0.15) is 10.2 Å². The Morgan fingerprint density at radius 2 is 2.04 bits per heavy atom. The monoisotopic (exact) mass is 381 g/mol. The third kappa shape index (κ3) is 3.93. The summed E-state index contributed by atoms with van der Waals surface area (Å²) in [5.74, 6) is 1.55. The Morgan fingerprint density at radius 3 is 2.75 bits per heavy atom. The standard InChI is InChI=1S/C20H23N5O3/c1-12(11-27-2)5-18-21-10-17-19(25-18)16(13-3-4-23-24-8-13)9-22-20(17)28-15-6-14(26)7-15/h3-4,8-10,12,14-15,26H,5-7,11H2,1-2H3/t12-,14?,15?/m1/s1. The molecule has 3 aromatic rings. The van der Waals surface area contributed by atoms with Crippen LogP contribution >= 0.6 is 0 Å². The van der Waals surface area contributed by atoms with E-state index in [4.69, 9.17) is 14.5 Å². The third-order valence-electron chi connectivity index (χ3n) is 4.86. The molecule has 0 aliphatic heterocycles. The van der Waals surface area contributed by atoms with E-state index in [1.165, 1.54) is 0 Å². The van der Waals surface area contributed by atoms with Crippen LogP contribution in [0.25, 0.3) is 22.0 Å². The van der Waals surface area contributed by atoms with Crippen molar-refractivity contribution in [3.63, 3.8) is 0 Å². The van der Waals surface area contributed by atoms with Crippen LogP contribution in [0.1, 0.15) is 25.6 Å². The van der Waals surface area contributed by atoms with Crippen LogP contribution in [-0.4, -0.2) is 56.2 Å². The van der Waals surface area contributed by atoms with Gasteiger partial charge in [-0.1, -0.05) is 6.92 Å². The number of hydrogen-bond acceptors (Lipinski definition) is 8. The van der Waals surface area contributed by atoms with Crippen LogP contribution < -0.4 is 4.74 Å². The third-order valence-corrected chi connectivity index (χ3v) is 4.86. The van der Waals surface area contributed by atoms with Crippen LogP contribution in [0.2, 0.25) is 0 Å². The number of methoxy groups -OCH3 is 1. The Bertz CT molecular complexity index is 947.